The molecule has 2 aromatic carbocycles. The van der Waals surface area contributed by atoms with Crippen LogP contribution in [0.5, 0.6) is 0 Å². The number of halogens is 1. The van der Waals surface area contributed by atoms with Gasteiger partial charge in [0.1, 0.15) is 0 Å². The lowest BCUT2D eigenvalue weighted by molar-refractivity contribution is 0.0992. The van der Waals surface area contributed by atoms with E-state index in [0.717, 1.165) is 27.9 Å². The first-order chi connectivity index (χ1) is 11.0. The number of hydrogen-bond acceptors (Lipinski definition) is 2. The van der Waals surface area contributed by atoms with Gasteiger partial charge in [0.2, 0.25) is 0 Å². The van der Waals surface area contributed by atoms with E-state index in [1.807, 2.05) is 62.5 Å². The Bertz CT molecular complexity index is 867. The molecule has 0 radical (unpaired) electrons. The van der Waals surface area contributed by atoms with Crippen LogP contribution in [0.4, 0.5) is 0 Å². The lowest BCUT2D eigenvalue weighted by Gasteiger charge is -2.05. The summed E-state index contributed by atoms with van der Waals surface area (Å²) in [7, 11) is 0. The molecule has 3 nitrogen and oxygen atoms in total. The first kappa shape index (κ1) is 15.5. The molecule has 0 amide bonds. The zero-order valence-electron chi connectivity index (χ0n) is 13.1. The van der Waals surface area contributed by atoms with Crippen molar-refractivity contribution in [2.75, 3.05) is 0 Å². The van der Waals surface area contributed by atoms with Gasteiger partial charge in [-0.25, -0.2) is 4.68 Å². The Morgan fingerprint density at radius 1 is 1.17 bits per heavy atom. The fraction of sp³-hybridized carbons (Fsp3) is 0.158. The standard InChI is InChI=1S/C19H17ClN2O/c1-13-7-8-14(2)16(9-13)19(23)10-15-11-21-22(12-15)18-6-4-3-5-17(18)20/h3-9,11-12H,10H2,1-2H3. The van der Waals surface area contributed by atoms with Crippen LogP contribution in [0.25, 0.3) is 5.69 Å². The van der Waals surface area contributed by atoms with Crippen molar-refractivity contribution in [3.05, 3.63) is 82.1 Å². The van der Waals surface area contributed by atoms with Crippen molar-refractivity contribution < 1.29 is 4.79 Å². The number of carbonyl (C=O) groups excluding carboxylic acids is 1. The molecule has 0 saturated carbocycles. The number of aromatic nitrogens is 2. The molecule has 1 aromatic heterocycles. The van der Waals surface area contributed by atoms with Gasteiger partial charge in [-0.15, -0.1) is 0 Å². The second-order valence-electron chi connectivity index (χ2n) is 5.66. The Hall–Kier alpha value is -2.39. The van der Waals surface area contributed by atoms with E-state index in [2.05, 4.69) is 5.10 Å². The second kappa shape index (κ2) is 6.39. The topological polar surface area (TPSA) is 34.9 Å². The Balaban J connectivity index is 1.83. The molecule has 0 saturated heterocycles. The highest BCUT2D eigenvalue weighted by molar-refractivity contribution is 6.32. The van der Waals surface area contributed by atoms with Crippen molar-refractivity contribution in [3.63, 3.8) is 0 Å². The summed E-state index contributed by atoms with van der Waals surface area (Å²) >= 11 is 6.18. The average Bonchev–Trinajstić information content (AvgIpc) is 2.98. The third kappa shape index (κ3) is 3.35. The molecule has 0 unspecified atom stereocenters. The number of rotatable bonds is 4. The van der Waals surface area contributed by atoms with Crippen molar-refractivity contribution in [1.82, 2.24) is 9.78 Å². The summed E-state index contributed by atoms with van der Waals surface area (Å²) in [5.74, 6) is 0.102. The van der Waals surface area contributed by atoms with Gasteiger partial charge in [-0.3, -0.25) is 4.79 Å². The summed E-state index contributed by atoms with van der Waals surface area (Å²) in [6.07, 6.45) is 3.89. The number of nitrogens with zero attached hydrogens (tertiary/aromatic N) is 2. The maximum atomic E-state index is 12.5. The predicted octanol–water partition coefficient (Wildman–Crippen LogP) is 4.57. The van der Waals surface area contributed by atoms with E-state index in [4.69, 9.17) is 11.6 Å². The number of ketones is 1. The monoisotopic (exact) mass is 324 g/mol. The lowest BCUT2D eigenvalue weighted by Crippen LogP contribution is -2.05. The van der Waals surface area contributed by atoms with Crippen LogP contribution in [0.3, 0.4) is 0 Å². The van der Waals surface area contributed by atoms with Gasteiger partial charge in [0.25, 0.3) is 0 Å². The predicted molar refractivity (Wildman–Crippen MR) is 92.5 cm³/mol. The molecule has 3 aromatic rings. The number of para-hydroxylation sites is 1. The van der Waals surface area contributed by atoms with E-state index in [-0.39, 0.29) is 5.78 Å². The SMILES string of the molecule is Cc1ccc(C)c(C(=O)Cc2cnn(-c3ccccc3Cl)c2)c1. The minimum absolute atomic E-state index is 0.102. The molecule has 0 fully saturated rings. The molecule has 1 heterocycles. The van der Waals surface area contributed by atoms with Crippen LogP contribution in [0, 0.1) is 13.8 Å². The lowest BCUT2D eigenvalue weighted by atomic mass is 9.99. The van der Waals surface area contributed by atoms with Crippen LogP contribution in [0.2, 0.25) is 5.02 Å². The zero-order chi connectivity index (χ0) is 16.4. The third-order valence-electron chi connectivity index (χ3n) is 3.79. The fourth-order valence-electron chi connectivity index (χ4n) is 2.54. The highest BCUT2D eigenvalue weighted by Gasteiger charge is 2.12. The van der Waals surface area contributed by atoms with Gasteiger partial charge in [-0.2, -0.15) is 5.10 Å². The molecule has 0 bridgehead atoms. The van der Waals surface area contributed by atoms with Gasteiger partial charge in [0.15, 0.2) is 5.78 Å². The molecular weight excluding hydrogens is 308 g/mol. The molecule has 0 aliphatic heterocycles. The molecule has 23 heavy (non-hydrogen) atoms. The first-order valence-electron chi connectivity index (χ1n) is 7.43. The van der Waals surface area contributed by atoms with Gasteiger partial charge in [0.05, 0.1) is 16.9 Å². The van der Waals surface area contributed by atoms with Gasteiger partial charge in [0, 0.05) is 18.2 Å². The summed E-state index contributed by atoms with van der Waals surface area (Å²) in [4.78, 5) is 12.5. The van der Waals surface area contributed by atoms with Crippen molar-refractivity contribution in [1.29, 1.82) is 0 Å². The quantitative estimate of drug-likeness (QED) is 0.659. The summed E-state index contributed by atoms with van der Waals surface area (Å²) in [6, 6.07) is 13.4. The molecular formula is C19H17ClN2O. The number of Topliss-reactive ketones (excluding diaryl/α,β-unsaturated/α-hetero) is 1. The zero-order valence-corrected chi connectivity index (χ0v) is 13.8. The maximum Gasteiger partial charge on any atom is 0.167 e. The van der Waals surface area contributed by atoms with E-state index < -0.39 is 0 Å². The van der Waals surface area contributed by atoms with Gasteiger partial charge >= 0.3 is 0 Å². The molecule has 4 heteroatoms. The van der Waals surface area contributed by atoms with E-state index in [0.29, 0.717) is 11.4 Å². The van der Waals surface area contributed by atoms with Crippen molar-refractivity contribution >= 4 is 17.4 Å². The molecule has 3 rings (SSSR count). The van der Waals surface area contributed by atoms with Gasteiger partial charge in [-0.05, 0) is 43.2 Å². The molecule has 0 atom stereocenters. The summed E-state index contributed by atoms with van der Waals surface area (Å²) in [5.41, 5.74) is 4.54. The Labute approximate surface area is 140 Å². The van der Waals surface area contributed by atoms with Crippen LogP contribution in [-0.4, -0.2) is 15.6 Å². The minimum Gasteiger partial charge on any atom is -0.294 e. The van der Waals surface area contributed by atoms with E-state index >= 15 is 0 Å². The van der Waals surface area contributed by atoms with Crippen LogP contribution in [0.1, 0.15) is 27.0 Å². The van der Waals surface area contributed by atoms with Crippen molar-refractivity contribution in [2.45, 2.75) is 20.3 Å². The second-order valence-corrected chi connectivity index (χ2v) is 6.07. The van der Waals surface area contributed by atoms with Gasteiger partial charge in [-0.1, -0.05) is 41.4 Å². The Kier molecular flexibility index (Phi) is 4.30. The van der Waals surface area contributed by atoms with Crippen LogP contribution in [0.15, 0.2) is 54.9 Å². The first-order valence-corrected chi connectivity index (χ1v) is 7.81. The maximum absolute atomic E-state index is 12.5. The minimum atomic E-state index is 0.102. The molecule has 116 valence electrons. The average molecular weight is 325 g/mol. The summed E-state index contributed by atoms with van der Waals surface area (Å²) < 4.78 is 1.70. The van der Waals surface area contributed by atoms with Gasteiger partial charge < -0.3 is 0 Å². The highest BCUT2D eigenvalue weighted by Crippen LogP contribution is 2.20. The third-order valence-corrected chi connectivity index (χ3v) is 4.11. The smallest absolute Gasteiger partial charge is 0.167 e. The summed E-state index contributed by atoms with van der Waals surface area (Å²) in [5, 5.41) is 4.94. The van der Waals surface area contributed by atoms with Crippen LogP contribution < -0.4 is 0 Å². The summed E-state index contributed by atoms with van der Waals surface area (Å²) in [6.45, 7) is 3.95. The molecule has 0 aliphatic carbocycles. The van der Waals surface area contributed by atoms with E-state index in [9.17, 15) is 4.79 Å². The van der Waals surface area contributed by atoms with E-state index in [1.54, 1.807) is 10.9 Å². The number of benzene rings is 2. The van der Waals surface area contributed by atoms with E-state index in [1.165, 1.54) is 0 Å². The molecule has 0 spiro atoms. The normalized spacial score (nSPS) is 10.7. The Morgan fingerprint density at radius 3 is 2.74 bits per heavy atom. The van der Waals surface area contributed by atoms with Crippen molar-refractivity contribution in [2.24, 2.45) is 0 Å². The number of carbonyl (C=O) groups is 1. The number of hydrogen-bond donors (Lipinski definition) is 0. The largest absolute Gasteiger partial charge is 0.294 e. The van der Waals surface area contributed by atoms with Crippen LogP contribution in [-0.2, 0) is 6.42 Å². The Morgan fingerprint density at radius 2 is 1.96 bits per heavy atom. The number of aryl methyl sites for hydroxylation is 2. The molecule has 0 N–H and O–H groups in total. The van der Waals surface area contributed by atoms with Crippen molar-refractivity contribution in [3.8, 4) is 5.69 Å². The molecule has 0 aliphatic rings. The fourth-order valence-corrected chi connectivity index (χ4v) is 2.76. The van der Waals surface area contributed by atoms with Crippen LogP contribution >= 0.6 is 11.6 Å². The highest BCUT2D eigenvalue weighted by atomic mass is 35.5.